The van der Waals surface area contributed by atoms with Gasteiger partial charge in [0.1, 0.15) is 13.2 Å². The number of nitrogens with zero attached hydrogens (tertiary/aromatic N) is 1. The van der Waals surface area contributed by atoms with Crippen LogP contribution in [0.5, 0.6) is 0 Å². The normalized spacial score (nSPS) is 14.6. The lowest BCUT2D eigenvalue weighted by Gasteiger charge is -2.29. The first-order valence-corrected chi connectivity index (χ1v) is 29.3. The third-order valence-electron chi connectivity index (χ3n) is 12.2. The first-order valence-electron chi connectivity index (χ1n) is 27.8. The SMILES string of the molecule is CC/C=C\C/C=C\C/C=C\C/C=C\C/C=C\CCCCCCCCCCCCCCCCCCCC(=O)NC(COP(=O)([O-])OCC[N+](C)(C)C)C(O)/C=C/CCCCCCCCCCCC. The van der Waals surface area contributed by atoms with Gasteiger partial charge in [-0.3, -0.25) is 9.36 Å². The monoisotopic (exact) mass is 959 g/mol. The minimum atomic E-state index is -4.59. The second-order valence-corrected chi connectivity index (χ2v) is 21.3. The minimum absolute atomic E-state index is 0.00208. The molecule has 0 aromatic heterocycles. The molecule has 0 saturated carbocycles. The van der Waals surface area contributed by atoms with E-state index in [0.717, 1.165) is 70.6 Å². The highest BCUT2D eigenvalue weighted by atomic mass is 31.2. The molecule has 0 radical (unpaired) electrons. The molecule has 67 heavy (non-hydrogen) atoms. The van der Waals surface area contributed by atoms with Gasteiger partial charge in [-0.05, 0) is 64.2 Å². The second-order valence-electron chi connectivity index (χ2n) is 19.9. The summed E-state index contributed by atoms with van der Waals surface area (Å²) < 4.78 is 23.3. The minimum Gasteiger partial charge on any atom is -0.756 e. The molecule has 1 amide bonds. The molecule has 390 valence electrons. The number of allylic oxidation sites excluding steroid dienone is 11. The molecule has 3 unspecified atom stereocenters. The van der Waals surface area contributed by atoms with Gasteiger partial charge in [0.25, 0.3) is 7.82 Å². The smallest absolute Gasteiger partial charge is 0.268 e. The zero-order valence-corrected chi connectivity index (χ0v) is 45.2. The molecule has 0 aromatic rings. The number of likely N-dealkylation sites (N-methyl/N-ethyl adjacent to an activating group) is 1. The summed E-state index contributed by atoms with van der Waals surface area (Å²) in [4.78, 5) is 25.4. The van der Waals surface area contributed by atoms with E-state index in [1.165, 1.54) is 148 Å². The molecule has 0 heterocycles. The van der Waals surface area contributed by atoms with Crippen LogP contribution in [0.25, 0.3) is 0 Å². The number of quaternary nitrogens is 1. The van der Waals surface area contributed by atoms with Crippen molar-refractivity contribution in [3.05, 3.63) is 72.9 Å². The average Bonchev–Trinajstić information content (AvgIpc) is 3.29. The largest absolute Gasteiger partial charge is 0.756 e. The molecule has 0 fully saturated rings. The first-order chi connectivity index (χ1) is 32.5. The number of amides is 1. The molecule has 9 heteroatoms. The topological polar surface area (TPSA) is 108 Å². The zero-order chi connectivity index (χ0) is 49.2. The quantitative estimate of drug-likeness (QED) is 0.0272. The van der Waals surface area contributed by atoms with Crippen molar-refractivity contribution in [3.63, 3.8) is 0 Å². The van der Waals surface area contributed by atoms with Crippen LogP contribution in [0.2, 0.25) is 0 Å². The molecule has 0 spiro atoms. The van der Waals surface area contributed by atoms with Crippen LogP contribution in [-0.2, 0) is 18.4 Å². The van der Waals surface area contributed by atoms with E-state index in [9.17, 15) is 19.4 Å². The predicted octanol–water partition coefficient (Wildman–Crippen LogP) is 16.1. The Morgan fingerprint density at radius 1 is 0.537 bits per heavy atom. The first kappa shape index (κ1) is 64.9. The van der Waals surface area contributed by atoms with E-state index in [1.54, 1.807) is 6.08 Å². The summed E-state index contributed by atoms with van der Waals surface area (Å²) in [5.74, 6) is -0.199. The summed E-state index contributed by atoms with van der Waals surface area (Å²) in [6.07, 6.45) is 66.9. The van der Waals surface area contributed by atoms with E-state index in [-0.39, 0.29) is 19.1 Å². The second kappa shape index (κ2) is 48.9. The Labute approximate surface area is 414 Å². The van der Waals surface area contributed by atoms with Gasteiger partial charge in [0.2, 0.25) is 5.91 Å². The fourth-order valence-electron chi connectivity index (χ4n) is 7.83. The number of nitrogens with one attached hydrogen (secondary N) is 1. The van der Waals surface area contributed by atoms with Crippen molar-refractivity contribution < 1.29 is 32.9 Å². The van der Waals surface area contributed by atoms with Crippen molar-refractivity contribution in [2.45, 2.75) is 251 Å². The number of rotatable bonds is 50. The van der Waals surface area contributed by atoms with Gasteiger partial charge in [-0.25, -0.2) is 0 Å². The zero-order valence-electron chi connectivity index (χ0n) is 44.3. The van der Waals surface area contributed by atoms with Gasteiger partial charge in [-0.2, -0.15) is 0 Å². The number of phosphoric acid groups is 1. The van der Waals surface area contributed by atoms with Gasteiger partial charge in [-0.1, -0.05) is 241 Å². The van der Waals surface area contributed by atoms with Crippen LogP contribution < -0.4 is 10.2 Å². The summed E-state index contributed by atoms with van der Waals surface area (Å²) in [6, 6.07) is -0.887. The van der Waals surface area contributed by atoms with E-state index in [4.69, 9.17) is 9.05 Å². The summed E-state index contributed by atoms with van der Waals surface area (Å²) in [7, 11) is 1.26. The van der Waals surface area contributed by atoms with Crippen molar-refractivity contribution in [2.75, 3.05) is 40.9 Å². The Morgan fingerprint density at radius 2 is 0.910 bits per heavy atom. The molecule has 0 saturated heterocycles. The van der Waals surface area contributed by atoms with Crippen molar-refractivity contribution >= 4 is 13.7 Å². The van der Waals surface area contributed by atoms with Gasteiger partial charge in [0.05, 0.1) is 39.9 Å². The standard InChI is InChI=1S/C58H107N2O6P/c1-6-8-10-12-14-16-18-20-21-22-23-24-25-26-27-28-29-30-31-32-33-34-35-36-37-38-39-40-42-44-46-48-50-52-58(62)59-56(55-66-67(63,64)65-54-53-60(3,4)5)57(61)51-49-47-45-43-41-19-17-15-13-11-9-7-2/h8,10,14,16,20-21,23-24,26-27,49,51,56-57,61H,6-7,9,11-13,15,17-19,22,25,28-48,50,52-55H2,1-5H3,(H-,59,62,63,64)/b10-8-,16-14-,21-20-,24-23-,27-26-,51-49+. The maximum absolute atomic E-state index is 12.9. The number of aliphatic hydroxyl groups excluding tert-OH is 1. The summed E-state index contributed by atoms with van der Waals surface area (Å²) >= 11 is 0. The molecule has 3 atom stereocenters. The predicted molar refractivity (Wildman–Crippen MR) is 288 cm³/mol. The molecule has 8 nitrogen and oxygen atoms in total. The van der Waals surface area contributed by atoms with Crippen LogP contribution in [0.1, 0.15) is 239 Å². The molecule has 0 aromatic carbocycles. The Bertz CT molecular complexity index is 1320. The molecular formula is C58H107N2O6P. The number of unbranched alkanes of at least 4 members (excludes halogenated alkanes) is 27. The van der Waals surface area contributed by atoms with Gasteiger partial charge in [0.15, 0.2) is 0 Å². The lowest BCUT2D eigenvalue weighted by molar-refractivity contribution is -0.870. The fourth-order valence-corrected chi connectivity index (χ4v) is 8.55. The number of carbonyl (C=O) groups excluding carboxylic acids is 1. The lowest BCUT2D eigenvalue weighted by atomic mass is 10.0. The number of phosphoric ester groups is 1. The van der Waals surface area contributed by atoms with E-state index < -0.39 is 20.0 Å². The lowest BCUT2D eigenvalue weighted by Crippen LogP contribution is -2.45. The molecule has 0 aliphatic carbocycles. The summed E-state index contributed by atoms with van der Waals surface area (Å²) in [5.41, 5.74) is 0. The summed E-state index contributed by atoms with van der Waals surface area (Å²) in [5, 5.41) is 13.8. The number of aliphatic hydroxyl groups is 1. The van der Waals surface area contributed by atoms with Crippen LogP contribution in [0.4, 0.5) is 0 Å². The Morgan fingerprint density at radius 3 is 1.33 bits per heavy atom. The summed E-state index contributed by atoms with van der Waals surface area (Å²) in [6.45, 7) is 4.53. The fraction of sp³-hybridized carbons (Fsp3) is 0.776. The van der Waals surface area contributed by atoms with Crippen molar-refractivity contribution in [3.8, 4) is 0 Å². The third kappa shape index (κ3) is 51.6. The van der Waals surface area contributed by atoms with Crippen LogP contribution >= 0.6 is 7.82 Å². The molecule has 0 aliphatic rings. The molecule has 0 aliphatic heterocycles. The molecule has 2 N–H and O–H groups in total. The van der Waals surface area contributed by atoms with Gasteiger partial charge in [0, 0.05) is 6.42 Å². The van der Waals surface area contributed by atoms with Gasteiger partial charge in [-0.15, -0.1) is 0 Å². The van der Waals surface area contributed by atoms with Crippen LogP contribution in [0.15, 0.2) is 72.9 Å². The molecular weight excluding hydrogens is 852 g/mol. The maximum Gasteiger partial charge on any atom is 0.268 e. The van der Waals surface area contributed by atoms with E-state index in [0.29, 0.717) is 17.4 Å². The van der Waals surface area contributed by atoms with E-state index in [2.05, 4.69) is 79.9 Å². The molecule has 0 bridgehead atoms. The van der Waals surface area contributed by atoms with Crippen molar-refractivity contribution in [2.24, 2.45) is 0 Å². The highest BCUT2D eigenvalue weighted by Crippen LogP contribution is 2.38. The van der Waals surface area contributed by atoms with Crippen LogP contribution in [0, 0.1) is 0 Å². The number of hydrogen-bond donors (Lipinski definition) is 2. The van der Waals surface area contributed by atoms with Crippen molar-refractivity contribution in [1.82, 2.24) is 5.32 Å². The third-order valence-corrected chi connectivity index (χ3v) is 13.1. The maximum atomic E-state index is 12.9. The number of carbonyl (C=O) groups is 1. The van der Waals surface area contributed by atoms with Crippen LogP contribution in [0.3, 0.4) is 0 Å². The highest BCUT2D eigenvalue weighted by Gasteiger charge is 2.23. The highest BCUT2D eigenvalue weighted by molar-refractivity contribution is 7.45. The number of hydrogen-bond acceptors (Lipinski definition) is 6. The average molecular weight is 959 g/mol. The Hall–Kier alpha value is -2.06. The van der Waals surface area contributed by atoms with Gasteiger partial charge < -0.3 is 28.8 Å². The molecule has 0 rings (SSSR count). The van der Waals surface area contributed by atoms with E-state index >= 15 is 0 Å². The van der Waals surface area contributed by atoms with Crippen molar-refractivity contribution in [1.29, 1.82) is 0 Å². The van der Waals surface area contributed by atoms with E-state index in [1.807, 2.05) is 27.2 Å². The van der Waals surface area contributed by atoms with Gasteiger partial charge >= 0.3 is 0 Å². The Balaban J connectivity index is 4.03. The Kier molecular flexibility index (Phi) is 47.4. The van der Waals surface area contributed by atoms with Crippen LogP contribution in [-0.4, -0.2) is 68.5 Å².